The van der Waals surface area contributed by atoms with Gasteiger partial charge in [-0.2, -0.15) is 0 Å². The molecule has 0 saturated carbocycles. The quantitative estimate of drug-likeness (QED) is 0.372. The van der Waals surface area contributed by atoms with E-state index in [9.17, 15) is 4.79 Å². The van der Waals surface area contributed by atoms with Crippen molar-refractivity contribution in [2.45, 2.75) is 26.2 Å². The van der Waals surface area contributed by atoms with Gasteiger partial charge in [-0.1, -0.05) is 13.3 Å². The van der Waals surface area contributed by atoms with Crippen molar-refractivity contribution in [3.05, 3.63) is 0 Å². The second-order valence-electron chi connectivity index (χ2n) is 3.95. The van der Waals surface area contributed by atoms with Crippen molar-refractivity contribution in [3.63, 3.8) is 0 Å². The summed E-state index contributed by atoms with van der Waals surface area (Å²) in [6.07, 6.45) is 2.48. The Hall–Kier alpha value is -0.690. The van der Waals surface area contributed by atoms with E-state index in [1.807, 2.05) is 0 Å². The number of hydrogen-bond acceptors (Lipinski definition) is 6. The average Bonchev–Trinajstić information content (AvgIpc) is 2.40. The van der Waals surface area contributed by atoms with Gasteiger partial charge in [-0.3, -0.25) is 4.79 Å². The summed E-state index contributed by atoms with van der Waals surface area (Å²) in [5.74, 6) is -0.286. The van der Waals surface area contributed by atoms with Crippen LogP contribution in [0.15, 0.2) is 0 Å². The van der Waals surface area contributed by atoms with E-state index >= 15 is 0 Å². The third-order valence-corrected chi connectivity index (χ3v) is 2.23. The summed E-state index contributed by atoms with van der Waals surface area (Å²) in [7, 11) is 0. The molecule has 0 amide bonds. The number of ether oxygens (including phenoxy) is 4. The third kappa shape index (κ3) is 15.3. The first-order valence-corrected chi connectivity index (χ1v) is 6.90. The van der Waals surface area contributed by atoms with Crippen LogP contribution in [0.4, 0.5) is 0 Å². The van der Waals surface area contributed by atoms with Gasteiger partial charge in [0.25, 0.3) is 0 Å². The van der Waals surface area contributed by atoms with Gasteiger partial charge in [0.1, 0.15) is 6.61 Å². The van der Waals surface area contributed by atoms with Crippen LogP contribution in [0.2, 0.25) is 0 Å². The monoisotopic (exact) mass is 277 g/mol. The minimum atomic E-state index is -0.286. The summed E-state index contributed by atoms with van der Waals surface area (Å²) in [6, 6.07) is 0. The zero-order valence-electron chi connectivity index (χ0n) is 11.9. The second-order valence-corrected chi connectivity index (χ2v) is 3.95. The summed E-state index contributed by atoms with van der Waals surface area (Å²) in [5.41, 5.74) is 5.21. The van der Waals surface area contributed by atoms with Gasteiger partial charge in [-0.05, 0) is 6.42 Å². The molecular formula is C13H27NO5. The Morgan fingerprint density at radius 3 is 1.95 bits per heavy atom. The van der Waals surface area contributed by atoms with Crippen molar-refractivity contribution in [2.24, 2.45) is 5.73 Å². The van der Waals surface area contributed by atoms with Crippen molar-refractivity contribution in [3.8, 4) is 0 Å². The molecule has 0 aromatic heterocycles. The van der Waals surface area contributed by atoms with Crippen molar-refractivity contribution in [2.75, 3.05) is 52.8 Å². The summed E-state index contributed by atoms with van der Waals surface area (Å²) in [6.45, 7) is 6.10. The Bertz CT molecular complexity index is 201. The molecule has 114 valence electrons. The van der Waals surface area contributed by atoms with Gasteiger partial charge in [-0.25, -0.2) is 0 Å². The third-order valence-electron chi connectivity index (χ3n) is 2.23. The molecule has 2 N–H and O–H groups in total. The molecule has 0 unspecified atom stereocenters. The molecule has 0 aliphatic rings. The molecular weight excluding hydrogens is 250 g/mol. The van der Waals surface area contributed by atoms with E-state index in [0.29, 0.717) is 39.6 Å². The van der Waals surface area contributed by atoms with Crippen molar-refractivity contribution < 1.29 is 23.7 Å². The maximum atomic E-state index is 10.9. The van der Waals surface area contributed by atoms with Crippen LogP contribution in [0.3, 0.4) is 0 Å². The van der Waals surface area contributed by atoms with Gasteiger partial charge in [0.05, 0.1) is 39.5 Å². The SMILES string of the molecule is CCCCOCCOCCOCCOC(=O)CCN. The number of unbranched alkanes of at least 4 members (excludes halogenated alkanes) is 1. The number of hydrogen-bond donors (Lipinski definition) is 1. The molecule has 0 radical (unpaired) electrons. The predicted octanol–water partition coefficient (Wildman–Crippen LogP) is 0.728. The molecule has 0 saturated heterocycles. The van der Waals surface area contributed by atoms with E-state index in [0.717, 1.165) is 19.4 Å². The molecule has 6 heteroatoms. The lowest BCUT2D eigenvalue weighted by atomic mass is 10.4. The Kier molecular flexibility index (Phi) is 14.8. The van der Waals surface area contributed by atoms with E-state index in [4.69, 9.17) is 24.7 Å². The molecule has 0 aromatic carbocycles. The highest BCUT2D eigenvalue weighted by Crippen LogP contribution is 1.88. The highest BCUT2D eigenvalue weighted by atomic mass is 16.6. The lowest BCUT2D eigenvalue weighted by molar-refractivity contribution is -0.145. The Balaban J connectivity index is 3.01. The normalized spacial score (nSPS) is 10.6. The van der Waals surface area contributed by atoms with Gasteiger partial charge in [0.2, 0.25) is 0 Å². The summed E-state index contributed by atoms with van der Waals surface area (Å²) >= 11 is 0. The maximum absolute atomic E-state index is 10.9. The van der Waals surface area contributed by atoms with E-state index in [1.54, 1.807) is 0 Å². The molecule has 0 atom stereocenters. The average molecular weight is 277 g/mol. The van der Waals surface area contributed by atoms with Crippen LogP contribution in [-0.4, -0.2) is 58.8 Å². The van der Waals surface area contributed by atoms with Gasteiger partial charge < -0.3 is 24.7 Å². The van der Waals surface area contributed by atoms with Crippen LogP contribution in [0.1, 0.15) is 26.2 Å². The first-order valence-electron chi connectivity index (χ1n) is 6.90. The molecule has 0 spiro atoms. The Morgan fingerprint density at radius 1 is 0.895 bits per heavy atom. The first kappa shape index (κ1) is 18.3. The maximum Gasteiger partial charge on any atom is 0.307 e. The van der Waals surface area contributed by atoms with Crippen molar-refractivity contribution >= 4 is 5.97 Å². The molecule has 0 fully saturated rings. The molecule has 0 aliphatic heterocycles. The summed E-state index contributed by atoms with van der Waals surface area (Å²) in [5, 5.41) is 0. The molecule has 0 aromatic rings. The van der Waals surface area contributed by atoms with Crippen LogP contribution < -0.4 is 5.73 Å². The minimum Gasteiger partial charge on any atom is -0.463 e. The van der Waals surface area contributed by atoms with E-state index in [2.05, 4.69) is 6.92 Å². The van der Waals surface area contributed by atoms with E-state index < -0.39 is 0 Å². The summed E-state index contributed by atoms with van der Waals surface area (Å²) < 4.78 is 20.7. The molecule has 0 aliphatic carbocycles. The highest BCUT2D eigenvalue weighted by Gasteiger charge is 1.99. The Morgan fingerprint density at radius 2 is 1.42 bits per heavy atom. The van der Waals surface area contributed by atoms with E-state index in [-0.39, 0.29) is 19.0 Å². The van der Waals surface area contributed by atoms with E-state index in [1.165, 1.54) is 0 Å². The first-order chi connectivity index (χ1) is 9.31. The number of esters is 1. The number of carbonyl (C=O) groups is 1. The van der Waals surface area contributed by atoms with Gasteiger partial charge in [0, 0.05) is 13.2 Å². The Labute approximate surface area is 115 Å². The summed E-state index contributed by atoms with van der Waals surface area (Å²) in [4.78, 5) is 10.9. The van der Waals surface area contributed by atoms with Crippen LogP contribution in [0.25, 0.3) is 0 Å². The smallest absolute Gasteiger partial charge is 0.307 e. The van der Waals surface area contributed by atoms with Gasteiger partial charge in [-0.15, -0.1) is 0 Å². The predicted molar refractivity (Wildman–Crippen MR) is 72.0 cm³/mol. The highest BCUT2D eigenvalue weighted by molar-refractivity contribution is 5.69. The van der Waals surface area contributed by atoms with Gasteiger partial charge in [0.15, 0.2) is 0 Å². The van der Waals surface area contributed by atoms with Crippen molar-refractivity contribution in [1.82, 2.24) is 0 Å². The second kappa shape index (κ2) is 15.4. The van der Waals surface area contributed by atoms with Crippen molar-refractivity contribution in [1.29, 1.82) is 0 Å². The molecule has 19 heavy (non-hydrogen) atoms. The molecule has 0 rings (SSSR count). The number of rotatable bonds is 14. The van der Waals surface area contributed by atoms with Crippen LogP contribution in [-0.2, 0) is 23.7 Å². The fourth-order valence-corrected chi connectivity index (χ4v) is 1.19. The van der Waals surface area contributed by atoms with Crippen LogP contribution >= 0.6 is 0 Å². The van der Waals surface area contributed by atoms with Crippen LogP contribution in [0, 0.1) is 0 Å². The standard InChI is InChI=1S/C13H27NO5/c1-2-3-6-16-7-8-17-9-10-18-11-12-19-13(15)4-5-14/h2-12,14H2,1H3. The zero-order chi connectivity index (χ0) is 14.2. The zero-order valence-corrected chi connectivity index (χ0v) is 11.9. The molecule has 6 nitrogen and oxygen atoms in total. The van der Waals surface area contributed by atoms with Crippen LogP contribution in [0.5, 0.6) is 0 Å². The fraction of sp³-hybridized carbons (Fsp3) is 0.923. The topological polar surface area (TPSA) is 80.0 Å². The number of carbonyl (C=O) groups excluding carboxylic acids is 1. The van der Waals surface area contributed by atoms with Gasteiger partial charge >= 0.3 is 5.97 Å². The molecule has 0 heterocycles. The fourth-order valence-electron chi connectivity index (χ4n) is 1.19. The largest absolute Gasteiger partial charge is 0.463 e. The molecule has 0 bridgehead atoms. The minimum absolute atomic E-state index is 0.251. The lowest BCUT2D eigenvalue weighted by Crippen LogP contribution is -2.16. The lowest BCUT2D eigenvalue weighted by Gasteiger charge is -2.07. The number of nitrogens with two attached hydrogens (primary N) is 1.